The number of halogens is 1. The van der Waals surface area contributed by atoms with Gasteiger partial charge in [-0.1, -0.05) is 24.3 Å². The fourth-order valence-corrected chi connectivity index (χ4v) is 4.48. The van der Waals surface area contributed by atoms with E-state index < -0.39 is 18.0 Å². The molecule has 0 radical (unpaired) electrons. The van der Waals surface area contributed by atoms with Gasteiger partial charge in [0.05, 0.1) is 24.7 Å². The van der Waals surface area contributed by atoms with E-state index in [1.54, 1.807) is 12.1 Å². The molecule has 0 aliphatic carbocycles. The molecule has 1 unspecified atom stereocenters. The van der Waals surface area contributed by atoms with Crippen LogP contribution >= 0.6 is 0 Å². The fourth-order valence-electron chi connectivity index (χ4n) is 4.48. The van der Waals surface area contributed by atoms with Crippen LogP contribution in [0.3, 0.4) is 0 Å². The van der Waals surface area contributed by atoms with Gasteiger partial charge in [0.15, 0.2) is 0 Å². The smallest absolute Gasteiger partial charge is 0.414 e. The van der Waals surface area contributed by atoms with E-state index in [4.69, 9.17) is 10.5 Å². The highest BCUT2D eigenvalue weighted by Gasteiger charge is 2.32. The molecule has 2 heterocycles. The maximum atomic E-state index is 15.0. The topological polar surface area (TPSA) is 105 Å². The molecule has 2 aromatic rings. The molecular weight excluding hydrogens is 439 g/mol. The molecule has 34 heavy (non-hydrogen) atoms. The van der Waals surface area contributed by atoms with Gasteiger partial charge in [0, 0.05) is 25.6 Å². The highest BCUT2D eigenvalue weighted by molar-refractivity contribution is 5.90. The standard InChI is InChI=1S/C25H29FN4O4/c1-16(31)28-12-21-15-30(25(33)34-21)20-8-9-22(23(26)11-20)18-6-4-17(5-7-18)13-29-10-2-3-19(14-29)24(27)32/h4-9,11,19,21H,2-3,10,12-15H2,1H3,(H2,27,32)(H,28,31)/t19?,21-/m0/s1. The first-order valence-corrected chi connectivity index (χ1v) is 11.4. The van der Waals surface area contributed by atoms with Crippen LogP contribution in [-0.2, 0) is 20.9 Å². The van der Waals surface area contributed by atoms with Gasteiger partial charge < -0.3 is 15.8 Å². The molecule has 2 atom stereocenters. The van der Waals surface area contributed by atoms with Gasteiger partial charge in [0.25, 0.3) is 0 Å². The molecule has 2 saturated heterocycles. The van der Waals surface area contributed by atoms with Crippen molar-refractivity contribution in [1.82, 2.24) is 10.2 Å². The van der Waals surface area contributed by atoms with Crippen molar-refractivity contribution in [2.45, 2.75) is 32.4 Å². The summed E-state index contributed by atoms with van der Waals surface area (Å²) < 4.78 is 20.2. The van der Waals surface area contributed by atoms with Crippen molar-refractivity contribution < 1.29 is 23.5 Å². The molecule has 0 spiro atoms. The molecule has 9 heteroatoms. The van der Waals surface area contributed by atoms with Crippen LogP contribution in [0.4, 0.5) is 14.9 Å². The number of nitrogens with zero attached hydrogens (tertiary/aromatic N) is 2. The van der Waals surface area contributed by atoms with Crippen molar-refractivity contribution >= 4 is 23.6 Å². The number of likely N-dealkylation sites (tertiary alicyclic amines) is 1. The lowest BCUT2D eigenvalue weighted by molar-refractivity contribution is -0.123. The van der Waals surface area contributed by atoms with Crippen LogP contribution in [0.5, 0.6) is 0 Å². The second kappa shape index (κ2) is 10.2. The number of ether oxygens (including phenoxy) is 1. The summed E-state index contributed by atoms with van der Waals surface area (Å²) in [5.74, 6) is -0.996. The number of anilines is 1. The summed E-state index contributed by atoms with van der Waals surface area (Å²) in [7, 11) is 0. The minimum Gasteiger partial charge on any atom is -0.442 e. The molecule has 0 saturated carbocycles. The molecule has 2 fully saturated rings. The maximum absolute atomic E-state index is 15.0. The Morgan fingerprint density at radius 2 is 1.94 bits per heavy atom. The third kappa shape index (κ3) is 5.53. The predicted octanol–water partition coefficient (Wildman–Crippen LogP) is 2.65. The third-order valence-corrected chi connectivity index (χ3v) is 6.30. The number of carbonyl (C=O) groups excluding carboxylic acids is 3. The van der Waals surface area contributed by atoms with Crippen LogP contribution in [0.25, 0.3) is 11.1 Å². The number of benzene rings is 2. The van der Waals surface area contributed by atoms with Crippen molar-refractivity contribution in [1.29, 1.82) is 0 Å². The van der Waals surface area contributed by atoms with Crippen molar-refractivity contribution in [3.8, 4) is 11.1 Å². The van der Waals surface area contributed by atoms with Crippen LogP contribution in [-0.4, -0.2) is 55.1 Å². The average molecular weight is 469 g/mol. The summed E-state index contributed by atoms with van der Waals surface area (Å²) in [6.45, 7) is 4.14. The monoisotopic (exact) mass is 468 g/mol. The van der Waals surface area contributed by atoms with Crippen molar-refractivity contribution in [2.75, 3.05) is 31.1 Å². The number of carbonyl (C=O) groups is 3. The van der Waals surface area contributed by atoms with Gasteiger partial charge in [-0.25, -0.2) is 9.18 Å². The van der Waals surface area contributed by atoms with Crippen molar-refractivity contribution in [3.05, 3.63) is 53.8 Å². The van der Waals surface area contributed by atoms with Crippen molar-refractivity contribution in [2.24, 2.45) is 11.7 Å². The van der Waals surface area contributed by atoms with Gasteiger partial charge in [0.1, 0.15) is 11.9 Å². The third-order valence-electron chi connectivity index (χ3n) is 6.30. The van der Waals surface area contributed by atoms with E-state index >= 15 is 0 Å². The summed E-state index contributed by atoms with van der Waals surface area (Å²) in [5, 5.41) is 2.62. The lowest BCUT2D eigenvalue weighted by Crippen LogP contribution is -2.40. The number of nitrogens with one attached hydrogen (secondary N) is 1. The number of hydrogen-bond acceptors (Lipinski definition) is 5. The molecule has 0 bridgehead atoms. The van der Waals surface area contributed by atoms with E-state index in [0.29, 0.717) is 24.3 Å². The van der Waals surface area contributed by atoms with Gasteiger partial charge in [-0.2, -0.15) is 0 Å². The SMILES string of the molecule is CC(=O)NC[C@H]1CN(c2ccc(-c3ccc(CN4CCCC(C(N)=O)C4)cc3)c(F)c2)C(=O)O1. The average Bonchev–Trinajstić information content (AvgIpc) is 3.19. The largest absolute Gasteiger partial charge is 0.442 e. The lowest BCUT2D eigenvalue weighted by Gasteiger charge is -2.31. The fraction of sp³-hybridized carbons (Fsp3) is 0.400. The lowest BCUT2D eigenvalue weighted by atomic mass is 9.97. The van der Waals surface area contributed by atoms with E-state index in [2.05, 4.69) is 10.2 Å². The van der Waals surface area contributed by atoms with E-state index in [1.807, 2.05) is 24.3 Å². The van der Waals surface area contributed by atoms with E-state index in [0.717, 1.165) is 30.5 Å². The Kier molecular flexibility index (Phi) is 7.12. The molecule has 180 valence electrons. The minimum atomic E-state index is -0.567. The quantitative estimate of drug-likeness (QED) is 0.650. The maximum Gasteiger partial charge on any atom is 0.414 e. The van der Waals surface area contributed by atoms with Crippen molar-refractivity contribution in [3.63, 3.8) is 0 Å². The Bertz CT molecular complexity index is 1080. The molecular formula is C25H29FN4O4. The van der Waals surface area contributed by atoms with Gasteiger partial charge in [-0.15, -0.1) is 0 Å². The van der Waals surface area contributed by atoms with Gasteiger partial charge in [-0.05, 0) is 48.7 Å². The van der Waals surface area contributed by atoms with E-state index in [9.17, 15) is 18.8 Å². The summed E-state index contributed by atoms with van der Waals surface area (Å²) in [6, 6.07) is 12.3. The second-order valence-corrected chi connectivity index (χ2v) is 8.89. The zero-order valence-electron chi connectivity index (χ0n) is 19.1. The zero-order chi connectivity index (χ0) is 24.2. The molecule has 3 N–H and O–H groups in total. The number of amides is 3. The Morgan fingerprint density at radius 1 is 1.18 bits per heavy atom. The highest BCUT2D eigenvalue weighted by Crippen LogP contribution is 2.29. The normalized spacial score (nSPS) is 20.8. The van der Waals surface area contributed by atoms with Crippen LogP contribution in [0.15, 0.2) is 42.5 Å². The highest BCUT2D eigenvalue weighted by atomic mass is 19.1. The summed E-state index contributed by atoms with van der Waals surface area (Å²) >= 11 is 0. The Morgan fingerprint density at radius 3 is 2.62 bits per heavy atom. The molecule has 2 aliphatic heterocycles. The van der Waals surface area contributed by atoms with Crippen LogP contribution in [0.2, 0.25) is 0 Å². The Balaban J connectivity index is 1.40. The number of rotatable bonds is 7. The molecule has 2 aromatic carbocycles. The molecule has 0 aromatic heterocycles. The summed E-state index contributed by atoms with van der Waals surface area (Å²) in [4.78, 5) is 38.3. The number of nitrogens with two attached hydrogens (primary N) is 1. The first-order chi connectivity index (χ1) is 16.3. The van der Waals surface area contributed by atoms with Gasteiger partial charge in [-0.3, -0.25) is 19.4 Å². The Labute approximate surface area is 197 Å². The number of hydrogen-bond donors (Lipinski definition) is 2. The van der Waals surface area contributed by atoms with Gasteiger partial charge >= 0.3 is 6.09 Å². The first kappa shape index (κ1) is 23.7. The van der Waals surface area contributed by atoms with Crippen LogP contribution in [0.1, 0.15) is 25.3 Å². The number of piperidine rings is 1. The molecule has 4 rings (SSSR count). The summed E-state index contributed by atoms with van der Waals surface area (Å²) in [5.41, 5.74) is 8.12. The molecule has 8 nitrogen and oxygen atoms in total. The van der Waals surface area contributed by atoms with Gasteiger partial charge in [0.2, 0.25) is 11.8 Å². The van der Waals surface area contributed by atoms with Crippen LogP contribution in [0, 0.1) is 11.7 Å². The van der Waals surface area contributed by atoms with E-state index in [-0.39, 0.29) is 30.8 Å². The molecule has 2 aliphatic rings. The van der Waals surface area contributed by atoms with Crippen LogP contribution < -0.4 is 16.0 Å². The number of cyclic esters (lactones) is 1. The zero-order valence-corrected chi connectivity index (χ0v) is 19.1. The van der Waals surface area contributed by atoms with E-state index in [1.165, 1.54) is 17.9 Å². The predicted molar refractivity (Wildman–Crippen MR) is 125 cm³/mol. The minimum absolute atomic E-state index is 0.103. The first-order valence-electron chi connectivity index (χ1n) is 11.4. The second-order valence-electron chi connectivity index (χ2n) is 8.89. The number of primary amides is 1. The summed E-state index contributed by atoms with van der Waals surface area (Å²) in [6.07, 6.45) is 0.737. The Hall–Kier alpha value is -3.46. The molecule has 3 amide bonds.